The largest absolute Gasteiger partial charge is 0.412 e. The van der Waals surface area contributed by atoms with Crippen LogP contribution < -0.4 is 0 Å². The Labute approximate surface area is 79.1 Å². The fourth-order valence-electron chi connectivity index (χ4n) is 2.06. The van der Waals surface area contributed by atoms with Crippen molar-refractivity contribution in [2.24, 2.45) is 5.92 Å². The molecule has 2 rings (SSSR count). The molecule has 1 aromatic rings. The van der Waals surface area contributed by atoms with Gasteiger partial charge in [-0.25, -0.2) is 4.98 Å². The minimum atomic E-state index is 0. The fourth-order valence-corrected chi connectivity index (χ4v) is 2.06. The summed E-state index contributed by atoms with van der Waals surface area (Å²) in [7, 11) is 0. The van der Waals surface area contributed by atoms with Gasteiger partial charge in [-0.2, -0.15) is 0 Å². The molecule has 0 spiro atoms. The van der Waals surface area contributed by atoms with Crippen LogP contribution in [0.5, 0.6) is 0 Å². The minimum Gasteiger partial charge on any atom is -0.412 e. The molecule has 0 aliphatic heterocycles. The van der Waals surface area contributed by atoms with Crippen LogP contribution in [0.3, 0.4) is 0 Å². The summed E-state index contributed by atoms with van der Waals surface area (Å²) in [4.78, 5) is 4.05. The first-order valence-corrected chi connectivity index (χ1v) is 4.91. The number of aromatic nitrogens is 2. The molecule has 1 saturated carbocycles. The van der Waals surface area contributed by atoms with Crippen LogP contribution in [0.1, 0.15) is 32.1 Å². The van der Waals surface area contributed by atoms with E-state index in [9.17, 15) is 0 Å². The first-order valence-electron chi connectivity index (χ1n) is 4.91. The van der Waals surface area contributed by atoms with Gasteiger partial charge < -0.3 is 10.0 Å². The summed E-state index contributed by atoms with van der Waals surface area (Å²) in [5.41, 5.74) is 0. The van der Waals surface area contributed by atoms with Gasteiger partial charge in [-0.15, -0.1) is 0 Å². The Kier molecular flexibility index (Phi) is 3.96. The van der Waals surface area contributed by atoms with Gasteiger partial charge in [-0.1, -0.05) is 19.3 Å². The Morgan fingerprint density at radius 3 is 2.62 bits per heavy atom. The summed E-state index contributed by atoms with van der Waals surface area (Å²) in [6.45, 7) is 1.18. The second-order valence-corrected chi connectivity index (χ2v) is 3.76. The van der Waals surface area contributed by atoms with Crippen LogP contribution in [0, 0.1) is 5.92 Å². The lowest BCUT2D eigenvalue weighted by Crippen LogP contribution is -2.12. The lowest BCUT2D eigenvalue weighted by molar-refractivity contribution is 0.319. The molecule has 1 aliphatic rings. The second kappa shape index (κ2) is 5.02. The van der Waals surface area contributed by atoms with Crippen molar-refractivity contribution in [3.63, 3.8) is 0 Å². The van der Waals surface area contributed by atoms with Gasteiger partial charge in [0.15, 0.2) is 0 Å². The Morgan fingerprint density at radius 1 is 1.23 bits per heavy atom. The van der Waals surface area contributed by atoms with E-state index in [1.54, 1.807) is 0 Å². The van der Waals surface area contributed by atoms with E-state index in [0.717, 1.165) is 5.92 Å². The molecular weight excluding hydrogens is 164 g/mol. The highest BCUT2D eigenvalue weighted by Gasteiger charge is 2.12. The van der Waals surface area contributed by atoms with Crippen molar-refractivity contribution in [1.29, 1.82) is 0 Å². The molecule has 13 heavy (non-hydrogen) atoms. The van der Waals surface area contributed by atoms with Gasteiger partial charge in [0.2, 0.25) is 0 Å². The third kappa shape index (κ3) is 2.84. The van der Waals surface area contributed by atoms with E-state index < -0.39 is 0 Å². The van der Waals surface area contributed by atoms with Crippen molar-refractivity contribution in [3.8, 4) is 0 Å². The van der Waals surface area contributed by atoms with Crippen LogP contribution in [0.2, 0.25) is 0 Å². The number of rotatable bonds is 2. The predicted molar refractivity (Wildman–Crippen MR) is 52.4 cm³/mol. The average molecular weight is 182 g/mol. The monoisotopic (exact) mass is 182 g/mol. The first-order chi connectivity index (χ1) is 5.95. The minimum absolute atomic E-state index is 0. The molecular formula is C10H18N2O. The highest BCUT2D eigenvalue weighted by Crippen LogP contribution is 2.24. The Balaban J connectivity index is 0.000000845. The molecule has 1 aromatic heterocycles. The van der Waals surface area contributed by atoms with Crippen molar-refractivity contribution in [1.82, 2.24) is 9.55 Å². The molecule has 0 saturated heterocycles. The smallest absolute Gasteiger partial charge is 0.0945 e. The van der Waals surface area contributed by atoms with E-state index in [1.165, 1.54) is 38.6 Å². The molecule has 0 atom stereocenters. The molecule has 0 radical (unpaired) electrons. The van der Waals surface area contributed by atoms with Crippen LogP contribution >= 0.6 is 0 Å². The van der Waals surface area contributed by atoms with Crippen LogP contribution in [0.15, 0.2) is 18.7 Å². The summed E-state index contributed by atoms with van der Waals surface area (Å²) in [6.07, 6.45) is 13.0. The van der Waals surface area contributed by atoms with E-state index in [4.69, 9.17) is 0 Å². The standard InChI is InChI=1S/C10H16N2.H2O/c1-2-4-10(5-3-1)8-12-7-6-11-9-12;/h6-7,9-10H,1-5,8H2;1H2. The topological polar surface area (TPSA) is 49.3 Å². The van der Waals surface area contributed by atoms with Crippen molar-refractivity contribution in [2.45, 2.75) is 38.6 Å². The van der Waals surface area contributed by atoms with Crippen LogP contribution in [0.25, 0.3) is 0 Å². The van der Waals surface area contributed by atoms with E-state index in [2.05, 4.69) is 15.7 Å². The van der Waals surface area contributed by atoms with Gasteiger partial charge in [0.1, 0.15) is 0 Å². The molecule has 0 aromatic carbocycles. The highest BCUT2D eigenvalue weighted by atomic mass is 16.0. The van der Waals surface area contributed by atoms with Crippen molar-refractivity contribution < 1.29 is 5.48 Å². The van der Waals surface area contributed by atoms with Gasteiger partial charge in [-0.3, -0.25) is 0 Å². The maximum absolute atomic E-state index is 4.05. The Hall–Kier alpha value is -0.830. The van der Waals surface area contributed by atoms with E-state index in [1.807, 2.05) is 12.5 Å². The lowest BCUT2D eigenvalue weighted by Gasteiger charge is -2.21. The van der Waals surface area contributed by atoms with E-state index >= 15 is 0 Å². The van der Waals surface area contributed by atoms with Crippen LogP contribution in [-0.2, 0) is 6.54 Å². The SMILES string of the molecule is O.c1cn(CC2CCCCC2)cn1. The summed E-state index contributed by atoms with van der Waals surface area (Å²) >= 11 is 0. The number of nitrogens with zero attached hydrogens (tertiary/aromatic N) is 2. The van der Waals surface area contributed by atoms with Gasteiger partial charge in [0, 0.05) is 18.9 Å². The number of hydrogen-bond acceptors (Lipinski definition) is 1. The molecule has 1 heterocycles. The molecule has 0 amide bonds. The van der Waals surface area contributed by atoms with Crippen molar-refractivity contribution in [2.75, 3.05) is 0 Å². The van der Waals surface area contributed by atoms with E-state index in [-0.39, 0.29) is 5.48 Å². The third-order valence-corrected chi connectivity index (χ3v) is 2.75. The van der Waals surface area contributed by atoms with Crippen molar-refractivity contribution >= 4 is 0 Å². The van der Waals surface area contributed by atoms with Crippen molar-refractivity contribution in [3.05, 3.63) is 18.7 Å². The summed E-state index contributed by atoms with van der Waals surface area (Å²) in [5.74, 6) is 0.910. The van der Waals surface area contributed by atoms with Gasteiger partial charge in [0.05, 0.1) is 6.33 Å². The zero-order valence-electron chi connectivity index (χ0n) is 7.95. The Bertz CT molecular complexity index is 215. The third-order valence-electron chi connectivity index (χ3n) is 2.75. The second-order valence-electron chi connectivity index (χ2n) is 3.76. The quantitative estimate of drug-likeness (QED) is 0.686. The maximum atomic E-state index is 4.05. The molecule has 3 heteroatoms. The Morgan fingerprint density at radius 2 is 2.00 bits per heavy atom. The first kappa shape index (κ1) is 10.3. The molecule has 74 valence electrons. The van der Waals surface area contributed by atoms with Crippen LogP contribution in [0.4, 0.5) is 0 Å². The molecule has 1 fully saturated rings. The molecule has 3 nitrogen and oxygen atoms in total. The fraction of sp³-hybridized carbons (Fsp3) is 0.700. The highest BCUT2D eigenvalue weighted by molar-refractivity contribution is 4.76. The zero-order valence-corrected chi connectivity index (χ0v) is 7.95. The average Bonchev–Trinajstić information content (AvgIpc) is 2.59. The summed E-state index contributed by atoms with van der Waals surface area (Å²) < 4.78 is 2.20. The van der Waals surface area contributed by atoms with Crippen LogP contribution in [-0.4, -0.2) is 15.0 Å². The van der Waals surface area contributed by atoms with Gasteiger partial charge in [-0.05, 0) is 18.8 Å². The maximum Gasteiger partial charge on any atom is 0.0945 e. The summed E-state index contributed by atoms with van der Waals surface area (Å²) in [6, 6.07) is 0. The van der Waals surface area contributed by atoms with Gasteiger partial charge >= 0.3 is 0 Å². The molecule has 0 unspecified atom stereocenters. The summed E-state index contributed by atoms with van der Waals surface area (Å²) in [5, 5.41) is 0. The zero-order chi connectivity index (χ0) is 8.23. The number of imidazole rings is 1. The molecule has 2 N–H and O–H groups in total. The van der Waals surface area contributed by atoms with E-state index in [0.29, 0.717) is 0 Å². The normalized spacial score (nSPS) is 18.2. The molecule has 1 aliphatic carbocycles. The number of hydrogen-bond donors (Lipinski definition) is 0. The van der Waals surface area contributed by atoms with Gasteiger partial charge in [0.25, 0.3) is 0 Å². The lowest BCUT2D eigenvalue weighted by atomic mass is 9.89. The predicted octanol–water partition coefficient (Wildman–Crippen LogP) is 1.64. The molecule has 0 bridgehead atoms.